The van der Waals surface area contributed by atoms with E-state index in [1.165, 1.54) is 17.3 Å². The molecule has 0 amide bonds. The van der Waals surface area contributed by atoms with Crippen molar-refractivity contribution < 1.29 is 14.3 Å². The third kappa shape index (κ3) is 4.59. The summed E-state index contributed by atoms with van der Waals surface area (Å²) < 4.78 is 11.2. The molecule has 0 saturated carbocycles. The van der Waals surface area contributed by atoms with E-state index in [0.29, 0.717) is 16.9 Å². The third-order valence-corrected chi connectivity index (χ3v) is 5.11. The van der Waals surface area contributed by atoms with Gasteiger partial charge in [-0.3, -0.25) is 0 Å². The maximum atomic E-state index is 10.1. The van der Waals surface area contributed by atoms with Crippen LogP contribution >= 0.6 is 23.1 Å². The number of thioether (sulfide) groups is 1. The van der Waals surface area contributed by atoms with Crippen LogP contribution in [0.3, 0.4) is 0 Å². The molecule has 0 aliphatic heterocycles. The maximum Gasteiger partial charge on any atom is 0.276 e. The lowest BCUT2D eigenvalue weighted by molar-refractivity contribution is 0.126. The fourth-order valence-corrected chi connectivity index (χ4v) is 3.34. The van der Waals surface area contributed by atoms with E-state index in [-0.39, 0.29) is 6.61 Å². The van der Waals surface area contributed by atoms with Gasteiger partial charge in [-0.2, -0.15) is 0 Å². The van der Waals surface area contributed by atoms with Gasteiger partial charge in [0.15, 0.2) is 0 Å². The molecule has 0 radical (unpaired) electrons. The predicted molar refractivity (Wildman–Crippen MR) is 95.7 cm³/mol. The molecule has 0 aliphatic carbocycles. The van der Waals surface area contributed by atoms with E-state index in [0.717, 1.165) is 17.0 Å². The Morgan fingerprint density at radius 2 is 2.21 bits per heavy atom. The van der Waals surface area contributed by atoms with Gasteiger partial charge in [-0.15, -0.1) is 21.5 Å². The summed E-state index contributed by atoms with van der Waals surface area (Å²) in [6.07, 6.45) is 0.344. The molecular formula is C17H18N2O3S2. The summed E-state index contributed by atoms with van der Waals surface area (Å²) in [5.74, 6) is 1.71. The Bertz CT molecular complexity index is 759. The van der Waals surface area contributed by atoms with Gasteiger partial charge in [0.2, 0.25) is 0 Å². The first kappa shape index (κ1) is 17.0. The fourth-order valence-electron chi connectivity index (χ4n) is 2.03. The number of aliphatic hydroxyl groups is 1. The number of nitrogens with zero attached hydrogens (tertiary/aromatic N) is 2. The highest BCUT2D eigenvalue weighted by Gasteiger charge is 2.13. The molecule has 3 rings (SSSR count). The predicted octanol–water partition coefficient (Wildman–Crippen LogP) is 3.89. The van der Waals surface area contributed by atoms with Crippen LogP contribution in [-0.2, 0) is 6.42 Å². The van der Waals surface area contributed by atoms with Crippen molar-refractivity contribution in [2.45, 2.75) is 24.7 Å². The minimum atomic E-state index is -0.614. The largest absolute Gasteiger partial charge is 0.491 e. The normalized spacial score (nSPS) is 12.2. The molecule has 0 saturated heterocycles. The van der Waals surface area contributed by atoms with Crippen molar-refractivity contribution in [2.75, 3.05) is 12.4 Å². The Hall–Kier alpha value is -1.83. The van der Waals surface area contributed by atoms with Crippen molar-refractivity contribution >= 4 is 23.1 Å². The SMILES string of the molecule is CCc1cccc(OCC(O)CSc2nnc(-c3cccs3)o2)c1. The van der Waals surface area contributed by atoms with Crippen molar-refractivity contribution in [1.82, 2.24) is 10.2 Å². The minimum absolute atomic E-state index is 0.228. The first-order chi connectivity index (χ1) is 11.7. The van der Waals surface area contributed by atoms with Crippen LogP contribution in [0.1, 0.15) is 12.5 Å². The molecule has 1 aromatic carbocycles. The fraction of sp³-hybridized carbons (Fsp3) is 0.294. The number of ether oxygens (including phenoxy) is 1. The summed E-state index contributed by atoms with van der Waals surface area (Å²) in [6.45, 7) is 2.32. The van der Waals surface area contributed by atoms with Crippen molar-refractivity contribution in [1.29, 1.82) is 0 Å². The average Bonchev–Trinajstić information content (AvgIpc) is 3.29. The second-order valence-corrected chi connectivity index (χ2v) is 7.05. The monoisotopic (exact) mass is 362 g/mol. The molecule has 126 valence electrons. The van der Waals surface area contributed by atoms with Crippen LogP contribution in [0.2, 0.25) is 0 Å². The zero-order valence-electron chi connectivity index (χ0n) is 13.2. The number of hydrogen-bond donors (Lipinski definition) is 1. The Kier molecular flexibility index (Phi) is 5.90. The molecule has 0 aliphatic rings. The number of aryl methyl sites for hydroxylation is 1. The van der Waals surface area contributed by atoms with Crippen LogP contribution in [0.15, 0.2) is 51.4 Å². The van der Waals surface area contributed by atoms with Crippen LogP contribution < -0.4 is 4.74 Å². The Labute approximate surface area is 148 Å². The average molecular weight is 362 g/mol. The molecule has 0 fully saturated rings. The molecule has 0 bridgehead atoms. The molecule has 1 atom stereocenters. The highest BCUT2D eigenvalue weighted by molar-refractivity contribution is 7.99. The lowest BCUT2D eigenvalue weighted by Crippen LogP contribution is -2.20. The van der Waals surface area contributed by atoms with Crippen molar-refractivity contribution in [3.8, 4) is 16.5 Å². The summed E-state index contributed by atoms with van der Waals surface area (Å²) in [5, 5.41) is 20.5. The quantitative estimate of drug-likeness (QED) is 0.613. The van der Waals surface area contributed by atoms with Crippen LogP contribution in [0.4, 0.5) is 0 Å². The van der Waals surface area contributed by atoms with Gasteiger partial charge in [0, 0.05) is 5.75 Å². The van der Waals surface area contributed by atoms with E-state index >= 15 is 0 Å². The first-order valence-corrected chi connectivity index (χ1v) is 9.51. The lowest BCUT2D eigenvalue weighted by Gasteiger charge is -2.11. The van der Waals surface area contributed by atoms with Gasteiger partial charge in [-0.1, -0.05) is 36.9 Å². The summed E-state index contributed by atoms with van der Waals surface area (Å²) in [7, 11) is 0. The topological polar surface area (TPSA) is 68.4 Å². The molecule has 1 N–H and O–H groups in total. The van der Waals surface area contributed by atoms with Gasteiger partial charge in [0.25, 0.3) is 11.1 Å². The van der Waals surface area contributed by atoms with E-state index in [2.05, 4.69) is 23.2 Å². The van der Waals surface area contributed by atoms with Crippen molar-refractivity contribution in [3.63, 3.8) is 0 Å². The molecule has 0 spiro atoms. The van der Waals surface area contributed by atoms with Crippen molar-refractivity contribution in [2.24, 2.45) is 0 Å². The van der Waals surface area contributed by atoms with Crippen LogP contribution in [0.25, 0.3) is 10.8 Å². The maximum absolute atomic E-state index is 10.1. The lowest BCUT2D eigenvalue weighted by atomic mass is 10.2. The molecule has 3 aromatic rings. The number of aromatic nitrogens is 2. The molecule has 2 aromatic heterocycles. The number of thiophene rings is 1. The molecule has 24 heavy (non-hydrogen) atoms. The zero-order valence-corrected chi connectivity index (χ0v) is 14.8. The highest BCUT2D eigenvalue weighted by atomic mass is 32.2. The van der Waals surface area contributed by atoms with Crippen LogP contribution in [0.5, 0.6) is 5.75 Å². The number of benzene rings is 1. The Morgan fingerprint density at radius 1 is 1.29 bits per heavy atom. The zero-order chi connectivity index (χ0) is 16.8. The highest BCUT2D eigenvalue weighted by Crippen LogP contribution is 2.26. The first-order valence-electron chi connectivity index (χ1n) is 7.64. The summed E-state index contributed by atoms with van der Waals surface area (Å²) >= 11 is 2.87. The van der Waals surface area contributed by atoms with Gasteiger partial charge in [0.1, 0.15) is 12.4 Å². The molecular weight excluding hydrogens is 344 g/mol. The van der Waals surface area contributed by atoms with E-state index < -0.39 is 6.10 Å². The molecule has 7 heteroatoms. The number of rotatable bonds is 8. The minimum Gasteiger partial charge on any atom is -0.491 e. The standard InChI is InChI=1S/C17H18N2O3S2/c1-2-12-5-3-6-14(9-12)21-10-13(20)11-24-17-19-18-16(22-17)15-7-4-8-23-15/h3-9,13,20H,2,10-11H2,1H3. The molecule has 1 unspecified atom stereocenters. The van der Waals surface area contributed by atoms with Gasteiger partial charge < -0.3 is 14.3 Å². The van der Waals surface area contributed by atoms with Gasteiger partial charge in [0.05, 0.1) is 11.0 Å². The van der Waals surface area contributed by atoms with Crippen LogP contribution in [-0.4, -0.2) is 33.8 Å². The Balaban J connectivity index is 1.46. The number of hydrogen-bond acceptors (Lipinski definition) is 7. The summed E-state index contributed by atoms with van der Waals surface area (Å²) in [4.78, 5) is 0.939. The summed E-state index contributed by atoms with van der Waals surface area (Å²) in [5.41, 5.74) is 1.21. The number of aliphatic hydroxyl groups excluding tert-OH is 1. The summed E-state index contributed by atoms with van der Waals surface area (Å²) in [6, 6.07) is 11.8. The van der Waals surface area contributed by atoms with E-state index in [9.17, 15) is 5.11 Å². The van der Waals surface area contributed by atoms with Gasteiger partial charge in [-0.25, -0.2) is 0 Å². The van der Waals surface area contributed by atoms with E-state index in [1.807, 2.05) is 35.7 Å². The van der Waals surface area contributed by atoms with E-state index in [4.69, 9.17) is 9.15 Å². The third-order valence-electron chi connectivity index (χ3n) is 3.29. The van der Waals surface area contributed by atoms with Crippen LogP contribution in [0, 0.1) is 0 Å². The smallest absolute Gasteiger partial charge is 0.276 e. The van der Waals surface area contributed by atoms with Gasteiger partial charge >= 0.3 is 0 Å². The molecule has 5 nitrogen and oxygen atoms in total. The second kappa shape index (κ2) is 8.32. The molecule has 2 heterocycles. The van der Waals surface area contributed by atoms with Crippen molar-refractivity contribution in [3.05, 3.63) is 47.3 Å². The Morgan fingerprint density at radius 3 is 3.00 bits per heavy atom. The van der Waals surface area contributed by atoms with E-state index in [1.54, 1.807) is 11.3 Å². The van der Waals surface area contributed by atoms with Gasteiger partial charge in [-0.05, 0) is 35.6 Å². The second-order valence-electron chi connectivity index (χ2n) is 5.13.